The summed E-state index contributed by atoms with van der Waals surface area (Å²) < 4.78 is 0. The fraction of sp³-hybridized carbons (Fsp3) is 0.267. The first-order chi connectivity index (χ1) is 11.0. The molecule has 23 heavy (non-hydrogen) atoms. The fourth-order valence-corrected chi connectivity index (χ4v) is 2.84. The highest BCUT2D eigenvalue weighted by Crippen LogP contribution is 2.28. The molecular weight excluding hydrogens is 339 g/mol. The molecule has 3 rings (SSSR count). The summed E-state index contributed by atoms with van der Waals surface area (Å²) in [7, 11) is 0. The number of aromatic nitrogens is 1. The summed E-state index contributed by atoms with van der Waals surface area (Å²) in [6.45, 7) is 3.20. The first kappa shape index (κ1) is 15.8. The summed E-state index contributed by atoms with van der Waals surface area (Å²) in [6, 6.07) is 8.78. The van der Waals surface area contributed by atoms with Gasteiger partial charge in [0.05, 0.1) is 15.0 Å². The van der Waals surface area contributed by atoms with Crippen molar-refractivity contribution in [1.29, 1.82) is 0 Å². The fourth-order valence-electron chi connectivity index (χ4n) is 2.55. The molecule has 0 aliphatic carbocycles. The van der Waals surface area contributed by atoms with Crippen LogP contribution in [0.2, 0.25) is 10.0 Å². The zero-order valence-electron chi connectivity index (χ0n) is 12.2. The molecule has 1 aromatic carbocycles. The molecule has 0 unspecified atom stereocenters. The van der Waals surface area contributed by atoms with Crippen molar-refractivity contribution in [3.63, 3.8) is 0 Å². The van der Waals surface area contributed by atoms with Crippen molar-refractivity contribution >= 4 is 40.4 Å². The molecule has 6 nitrogen and oxygen atoms in total. The molecular formula is C15H14Cl2N4O2. The normalized spacial score (nSPS) is 14.9. The van der Waals surface area contributed by atoms with Crippen molar-refractivity contribution in [3.8, 4) is 0 Å². The van der Waals surface area contributed by atoms with Crippen LogP contribution in [0, 0.1) is 10.1 Å². The number of rotatable bonds is 3. The third-order valence-corrected chi connectivity index (χ3v) is 4.55. The Balaban J connectivity index is 1.65. The maximum absolute atomic E-state index is 10.7. The molecule has 0 amide bonds. The molecule has 8 heteroatoms. The van der Waals surface area contributed by atoms with Gasteiger partial charge in [0.2, 0.25) is 0 Å². The summed E-state index contributed by atoms with van der Waals surface area (Å²) >= 11 is 12.0. The molecule has 1 fully saturated rings. The third kappa shape index (κ3) is 3.48. The van der Waals surface area contributed by atoms with Crippen molar-refractivity contribution in [1.82, 2.24) is 4.98 Å². The maximum Gasteiger partial charge on any atom is 0.287 e. The second-order valence-electron chi connectivity index (χ2n) is 5.20. The van der Waals surface area contributed by atoms with Crippen molar-refractivity contribution in [2.75, 3.05) is 36.0 Å². The molecule has 0 saturated carbocycles. The van der Waals surface area contributed by atoms with E-state index in [0.717, 1.165) is 37.7 Å². The number of pyridine rings is 1. The number of nitro groups is 1. The minimum Gasteiger partial charge on any atom is -0.368 e. The lowest BCUT2D eigenvalue weighted by molar-refractivity contribution is -0.385. The summed E-state index contributed by atoms with van der Waals surface area (Å²) in [4.78, 5) is 18.7. The van der Waals surface area contributed by atoms with E-state index in [-0.39, 0.29) is 5.69 Å². The van der Waals surface area contributed by atoms with Crippen LogP contribution in [0.15, 0.2) is 36.5 Å². The van der Waals surface area contributed by atoms with Gasteiger partial charge in [-0.15, -0.1) is 0 Å². The van der Waals surface area contributed by atoms with Gasteiger partial charge in [0.1, 0.15) is 12.0 Å². The molecule has 1 aliphatic rings. The number of anilines is 2. The molecule has 0 N–H and O–H groups in total. The van der Waals surface area contributed by atoms with Crippen LogP contribution >= 0.6 is 23.2 Å². The maximum atomic E-state index is 10.7. The van der Waals surface area contributed by atoms with E-state index in [2.05, 4.69) is 14.8 Å². The van der Waals surface area contributed by atoms with Gasteiger partial charge in [0.15, 0.2) is 0 Å². The zero-order valence-corrected chi connectivity index (χ0v) is 13.7. The van der Waals surface area contributed by atoms with Crippen LogP contribution in [-0.4, -0.2) is 36.1 Å². The van der Waals surface area contributed by atoms with Crippen LogP contribution in [0.5, 0.6) is 0 Å². The van der Waals surface area contributed by atoms with Gasteiger partial charge in [0.25, 0.3) is 5.69 Å². The number of nitrogens with zero attached hydrogens (tertiary/aromatic N) is 4. The van der Waals surface area contributed by atoms with Crippen molar-refractivity contribution < 1.29 is 4.92 Å². The lowest BCUT2D eigenvalue weighted by atomic mass is 10.2. The summed E-state index contributed by atoms with van der Waals surface area (Å²) in [5.74, 6) is 0.754. The topological polar surface area (TPSA) is 62.5 Å². The Kier molecular flexibility index (Phi) is 4.54. The Hall–Kier alpha value is -2.05. The van der Waals surface area contributed by atoms with E-state index in [1.807, 2.05) is 12.1 Å². The minimum absolute atomic E-state index is 0.00296. The highest BCUT2D eigenvalue weighted by atomic mass is 35.5. The van der Waals surface area contributed by atoms with E-state index >= 15 is 0 Å². The molecule has 1 aromatic heterocycles. The van der Waals surface area contributed by atoms with Gasteiger partial charge < -0.3 is 9.80 Å². The zero-order chi connectivity index (χ0) is 16.4. The van der Waals surface area contributed by atoms with Gasteiger partial charge >= 0.3 is 0 Å². The van der Waals surface area contributed by atoms with Crippen LogP contribution < -0.4 is 9.80 Å². The van der Waals surface area contributed by atoms with Gasteiger partial charge in [-0.3, -0.25) is 10.1 Å². The second-order valence-corrected chi connectivity index (χ2v) is 6.02. The molecule has 0 radical (unpaired) electrons. The SMILES string of the molecule is O=[N+]([O-])c1ccc(N2CCN(c3ccc(Cl)c(Cl)c3)CC2)nc1. The van der Waals surface area contributed by atoms with E-state index in [4.69, 9.17) is 23.2 Å². The largest absolute Gasteiger partial charge is 0.368 e. The van der Waals surface area contributed by atoms with E-state index in [1.54, 1.807) is 12.1 Å². The highest BCUT2D eigenvalue weighted by Gasteiger charge is 2.19. The number of benzene rings is 1. The Morgan fingerprint density at radius 2 is 1.70 bits per heavy atom. The average Bonchev–Trinajstić information content (AvgIpc) is 2.57. The van der Waals surface area contributed by atoms with Gasteiger partial charge in [-0.05, 0) is 24.3 Å². The third-order valence-electron chi connectivity index (χ3n) is 3.82. The van der Waals surface area contributed by atoms with Crippen LogP contribution in [-0.2, 0) is 0 Å². The number of piperazine rings is 1. The second kappa shape index (κ2) is 6.60. The van der Waals surface area contributed by atoms with E-state index in [1.165, 1.54) is 12.3 Å². The Bertz CT molecular complexity index is 716. The Morgan fingerprint density at radius 3 is 2.26 bits per heavy atom. The molecule has 120 valence electrons. The summed E-state index contributed by atoms with van der Waals surface area (Å²) in [6.07, 6.45) is 1.29. The molecule has 2 aromatic rings. The lowest BCUT2D eigenvalue weighted by Gasteiger charge is -2.36. The molecule has 1 aliphatic heterocycles. The molecule has 0 bridgehead atoms. The van der Waals surface area contributed by atoms with E-state index < -0.39 is 4.92 Å². The van der Waals surface area contributed by atoms with Crippen molar-refractivity contribution in [2.45, 2.75) is 0 Å². The molecule has 0 spiro atoms. The van der Waals surface area contributed by atoms with Crippen LogP contribution in [0.1, 0.15) is 0 Å². The van der Waals surface area contributed by atoms with E-state index in [0.29, 0.717) is 10.0 Å². The van der Waals surface area contributed by atoms with Crippen molar-refractivity contribution in [3.05, 3.63) is 56.7 Å². The van der Waals surface area contributed by atoms with Gasteiger partial charge in [-0.1, -0.05) is 23.2 Å². The van der Waals surface area contributed by atoms with Crippen molar-refractivity contribution in [2.24, 2.45) is 0 Å². The number of halogens is 2. The lowest BCUT2D eigenvalue weighted by Crippen LogP contribution is -2.46. The first-order valence-corrected chi connectivity index (χ1v) is 7.85. The highest BCUT2D eigenvalue weighted by molar-refractivity contribution is 6.42. The Labute approximate surface area is 143 Å². The number of hydrogen-bond acceptors (Lipinski definition) is 5. The average molecular weight is 353 g/mol. The minimum atomic E-state index is -0.445. The quantitative estimate of drug-likeness (QED) is 0.623. The molecule has 0 atom stereocenters. The Morgan fingerprint density at radius 1 is 1.00 bits per heavy atom. The van der Waals surface area contributed by atoms with E-state index in [9.17, 15) is 10.1 Å². The smallest absolute Gasteiger partial charge is 0.287 e. The van der Waals surface area contributed by atoms with Crippen LogP contribution in [0.3, 0.4) is 0 Å². The summed E-state index contributed by atoms with van der Waals surface area (Å²) in [5, 5.41) is 11.8. The monoisotopic (exact) mass is 352 g/mol. The molecule has 2 heterocycles. The molecule has 1 saturated heterocycles. The summed E-state index contributed by atoms with van der Waals surface area (Å²) in [5.41, 5.74) is 1.04. The predicted octanol–water partition coefficient (Wildman–Crippen LogP) is 3.62. The first-order valence-electron chi connectivity index (χ1n) is 7.10. The van der Waals surface area contributed by atoms with Gasteiger partial charge in [-0.2, -0.15) is 0 Å². The van der Waals surface area contributed by atoms with Gasteiger partial charge in [-0.25, -0.2) is 4.98 Å². The number of hydrogen-bond donors (Lipinski definition) is 0. The predicted molar refractivity (Wildman–Crippen MR) is 91.8 cm³/mol. The van der Waals surface area contributed by atoms with Gasteiger partial charge in [0, 0.05) is 37.9 Å². The van der Waals surface area contributed by atoms with Crippen LogP contribution in [0.4, 0.5) is 17.2 Å². The van der Waals surface area contributed by atoms with Crippen LogP contribution in [0.25, 0.3) is 0 Å². The standard InChI is InChI=1S/C15H14Cl2N4O2/c16-13-3-1-11(9-14(13)17)19-5-7-20(8-6-19)15-4-2-12(10-18-15)21(22)23/h1-4,9-10H,5-8H2.